The van der Waals surface area contributed by atoms with Gasteiger partial charge in [-0.05, 0) is 25.6 Å². The summed E-state index contributed by atoms with van der Waals surface area (Å²) < 4.78 is 10.4. The zero-order valence-corrected chi connectivity index (χ0v) is 11.8. The van der Waals surface area contributed by atoms with Crippen molar-refractivity contribution in [3.63, 3.8) is 0 Å². The zero-order valence-electron chi connectivity index (χ0n) is 11.0. The Hall–Kier alpha value is -1.46. The van der Waals surface area contributed by atoms with Crippen molar-refractivity contribution in [1.82, 2.24) is 5.32 Å². The van der Waals surface area contributed by atoms with Crippen molar-refractivity contribution in [3.8, 4) is 11.5 Å². The zero-order chi connectivity index (χ0) is 12.8. The van der Waals surface area contributed by atoms with E-state index in [0.717, 1.165) is 11.3 Å². The molecule has 0 aliphatic carbocycles. The molecule has 0 radical (unpaired) electrons. The van der Waals surface area contributed by atoms with Gasteiger partial charge in [0.05, 0.1) is 20.8 Å². The van der Waals surface area contributed by atoms with Gasteiger partial charge in [-0.2, -0.15) is 0 Å². The molecule has 5 nitrogen and oxygen atoms in total. The molecule has 0 heterocycles. The van der Waals surface area contributed by atoms with E-state index < -0.39 is 0 Å². The van der Waals surface area contributed by atoms with Crippen LogP contribution in [0.5, 0.6) is 11.5 Å². The van der Waals surface area contributed by atoms with Crippen LogP contribution in [0.1, 0.15) is 5.56 Å². The van der Waals surface area contributed by atoms with Crippen molar-refractivity contribution >= 4 is 24.0 Å². The molecule has 0 saturated heterocycles. The number of likely N-dealkylation sites (N-methyl/N-ethyl adjacent to an activating group) is 1. The fourth-order valence-corrected chi connectivity index (χ4v) is 1.47. The predicted octanol–water partition coefficient (Wildman–Crippen LogP) is 1.59. The quantitative estimate of drug-likeness (QED) is 0.856. The van der Waals surface area contributed by atoms with E-state index in [2.05, 4.69) is 10.6 Å². The normalized spacial score (nSPS) is 9.33. The molecule has 0 saturated carbocycles. The van der Waals surface area contributed by atoms with Crippen LogP contribution in [0.4, 0.5) is 5.69 Å². The average molecular weight is 275 g/mol. The van der Waals surface area contributed by atoms with Crippen LogP contribution in [0, 0.1) is 6.92 Å². The molecule has 2 N–H and O–H groups in total. The maximum Gasteiger partial charge on any atom is 0.238 e. The van der Waals surface area contributed by atoms with Gasteiger partial charge in [-0.15, -0.1) is 12.4 Å². The summed E-state index contributed by atoms with van der Waals surface area (Å²) in [4.78, 5) is 11.5. The Balaban J connectivity index is 0.00000289. The molecule has 6 heteroatoms. The lowest BCUT2D eigenvalue weighted by molar-refractivity contribution is -0.115. The Morgan fingerprint density at radius 3 is 2.28 bits per heavy atom. The van der Waals surface area contributed by atoms with Gasteiger partial charge in [0.25, 0.3) is 0 Å². The van der Waals surface area contributed by atoms with Gasteiger partial charge in [0.2, 0.25) is 5.91 Å². The molecule has 0 unspecified atom stereocenters. The lowest BCUT2D eigenvalue weighted by Crippen LogP contribution is -2.25. The average Bonchev–Trinajstić information content (AvgIpc) is 2.31. The number of carbonyl (C=O) groups is 1. The molecule has 0 atom stereocenters. The number of amides is 1. The first-order valence-corrected chi connectivity index (χ1v) is 5.29. The first-order chi connectivity index (χ1) is 8.12. The van der Waals surface area contributed by atoms with Gasteiger partial charge in [-0.25, -0.2) is 0 Å². The summed E-state index contributed by atoms with van der Waals surface area (Å²) in [6, 6.07) is 3.58. The summed E-state index contributed by atoms with van der Waals surface area (Å²) in [6.07, 6.45) is 0. The minimum absolute atomic E-state index is 0. The van der Waals surface area contributed by atoms with E-state index >= 15 is 0 Å². The van der Waals surface area contributed by atoms with Crippen LogP contribution in [-0.2, 0) is 4.79 Å². The fourth-order valence-electron chi connectivity index (χ4n) is 1.47. The van der Waals surface area contributed by atoms with Gasteiger partial charge in [0.1, 0.15) is 0 Å². The Labute approximate surface area is 113 Å². The minimum Gasteiger partial charge on any atom is -0.493 e. The highest BCUT2D eigenvalue weighted by atomic mass is 35.5. The van der Waals surface area contributed by atoms with Crippen LogP contribution in [0.15, 0.2) is 12.1 Å². The summed E-state index contributed by atoms with van der Waals surface area (Å²) in [5.41, 5.74) is 1.65. The number of rotatable bonds is 5. The molecule has 1 aromatic rings. The van der Waals surface area contributed by atoms with Crippen LogP contribution in [0.3, 0.4) is 0 Å². The maximum atomic E-state index is 11.5. The van der Waals surface area contributed by atoms with E-state index in [1.165, 1.54) is 0 Å². The molecule has 1 aromatic carbocycles. The molecule has 0 aliphatic heterocycles. The van der Waals surface area contributed by atoms with Gasteiger partial charge in [-0.3, -0.25) is 4.79 Å². The second-order valence-corrected chi connectivity index (χ2v) is 3.60. The molecule has 1 amide bonds. The molecular weight excluding hydrogens is 256 g/mol. The van der Waals surface area contributed by atoms with Crippen LogP contribution < -0.4 is 20.1 Å². The molecule has 0 bridgehead atoms. The number of carbonyl (C=O) groups excluding carboxylic acids is 1. The van der Waals surface area contributed by atoms with E-state index in [9.17, 15) is 4.79 Å². The standard InChI is InChI=1S/C12H18N2O3.ClH/c1-8-5-10(16-3)11(17-4)6-9(8)14-12(15)7-13-2;/h5-6,13H,7H2,1-4H3,(H,14,15);1H. The van der Waals surface area contributed by atoms with Crippen LogP contribution in [0.2, 0.25) is 0 Å². The van der Waals surface area contributed by atoms with Crippen LogP contribution in [0.25, 0.3) is 0 Å². The van der Waals surface area contributed by atoms with Crippen molar-refractivity contribution < 1.29 is 14.3 Å². The molecule has 0 aliphatic rings. The Bertz CT molecular complexity index is 411. The summed E-state index contributed by atoms with van der Waals surface area (Å²) in [5.74, 6) is 1.15. The number of aryl methyl sites for hydroxylation is 1. The second kappa shape index (κ2) is 7.79. The van der Waals surface area contributed by atoms with Crippen molar-refractivity contribution in [1.29, 1.82) is 0 Å². The van der Waals surface area contributed by atoms with Crippen molar-refractivity contribution in [2.24, 2.45) is 0 Å². The topological polar surface area (TPSA) is 59.6 Å². The first kappa shape index (κ1) is 16.5. The number of anilines is 1. The van der Waals surface area contributed by atoms with E-state index in [1.807, 2.05) is 13.0 Å². The number of hydrogen-bond donors (Lipinski definition) is 2. The summed E-state index contributed by atoms with van der Waals surface area (Å²) >= 11 is 0. The number of halogens is 1. The third-order valence-electron chi connectivity index (χ3n) is 2.34. The number of benzene rings is 1. The second-order valence-electron chi connectivity index (χ2n) is 3.60. The van der Waals surface area contributed by atoms with Crippen molar-refractivity contribution in [2.75, 3.05) is 33.1 Å². The largest absolute Gasteiger partial charge is 0.493 e. The smallest absolute Gasteiger partial charge is 0.238 e. The first-order valence-electron chi connectivity index (χ1n) is 5.29. The molecule has 0 spiro atoms. The van der Waals surface area contributed by atoms with Gasteiger partial charge >= 0.3 is 0 Å². The third kappa shape index (κ3) is 4.09. The Kier molecular flexibility index (Phi) is 7.16. The van der Waals surface area contributed by atoms with Gasteiger partial charge in [0.15, 0.2) is 11.5 Å². The number of nitrogens with one attached hydrogen (secondary N) is 2. The lowest BCUT2D eigenvalue weighted by Gasteiger charge is -2.13. The highest BCUT2D eigenvalue weighted by Gasteiger charge is 2.10. The SMILES string of the molecule is CNCC(=O)Nc1cc(OC)c(OC)cc1C.Cl. The molecule has 102 valence electrons. The fraction of sp³-hybridized carbons (Fsp3) is 0.417. The van der Waals surface area contributed by atoms with Gasteiger partial charge in [-0.1, -0.05) is 0 Å². The van der Waals surface area contributed by atoms with Crippen molar-refractivity contribution in [2.45, 2.75) is 6.92 Å². The van der Waals surface area contributed by atoms with Crippen molar-refractivity contribution in [3.05, 3.63) is 17.7 Å². The van der Waals surface area contributed by atoms with Gasteiger partial charge in [0, 0.05) is 11.8 Å². The Morgan fingerprint density at radius 2 is 1.78 bits per heavy atom. The summed E-state index contributed by atoms with van der Waals surface area (Å²) in [6.45, 7) is 2.17. The third-order valence-corrected chi connectivity index (χ3v) is 2.34. The lowest BCUT2D eigenvalue weighted by atomic mass is 10.1. The maximum absolute atomic E-state index is 11.5. The highest BCUT2D eigenvalue weighted by molar-refractivity contribution is 5.93. The molecule has 0 fully saturated rings. The number of hydrogen-bond acceptors (Lipinski definition) is 4. The monoisotopic (exact) mass is 274 g/mol. The summed E-state index contributed by atoms with van der Waals surface area (Å²) in [7, 11) is 4.87. The molecular formula is C12H19ClN2O3. The molecule has 18 heavy (non-hydrogen) atoms. The predicted molar refractivity (Wildman–Crippen MR) is 74.1 cm³/mol. The minimum atomic E-state index is -0.0946. The Morgan fingerprint density at radius 1 is 1.22 bits per heavy atom. The highest BCUT2D eigenvalue weighted by Crippen LogP contribution is 2.32. The van der Waals surface area contributed by atoms with Gasteiger partial charge < -0.3 is 20.1 Å². The van der Waals surface area contributed by atoms with E-state index in [4.69, 9.17) is 9.47 Å². The molecule has 0 aromatic heterocycles. The van der Waals surface area contributed by atoms with Crippen LogP contribution in [-0.4, -0.2) is 33.7 Å². The summed E-state index contributed by atoms with van der Waals surface area (Å²) in [5, 5.41) is 5.59. The number of ether oxygens (including phenoxy) is 2. The van der Waals surface area contributed by atoms with Crippen LogP contribution >= 0.6 is 12.4 Å². The van der Waals surface area contributed by atoms with E-state index in [1.54, 1.807) is 27.3 Å². The molecule has 1 rings (SSSR count). The van der Waals surface area contributed by atoms with E-state index in [-0.39, 0.29) is 24.9 Å². The number of methoxy groups -OCH3 is 2. The van der Waals surface area contributed by atoms with E-state index in [0.29, 0.717) is 11.5 Å².